The highest BCUT2D eigenvalue weighted by Gasteiger charge is 2.25. The number of morpholine rings is 1. The molecular formula is C20H33N3O2. The normalized spacial score (nSPS) is 27.4. The van der Waals surface area contributed by atoms with Gasteiger partial charge in [0.2, 0.25) is 0 Å². The van der Waals surface area contributed by atoms with Crippen molar-refractivity contribution in [2.75, 3.05) is 57.3 Å². The van der Waals surface area contributed by atoms with Crippen LogP contribution in [-0.2, 0) is 4.74 Å². The maximum atomic E-state index is 10.5. The Morgan fingerprint density at radius 1 is 1.00 bits per heavy atom. The summed E-state index contributed by atoms with van der Waals surface area (Å²) in [6, 6.07) is 8.60. The third-order valence-electron chi connectivity index (χ3n) is 5.26. The summed E-state index contributed by atoms with van der Waals surface area (Å²) in [5.74, 6) is 0. The lowest BCUT2D eigenvalue weighted by Gasteiger charge is -2.39. The van der Waals surface area contributed by atoms with Crippen molar-refractivity contribution >= 4 is 5.69 Å². The van der Waals surface area contributed by atoms with Gasteiger partial charge in [0.1, 0.15) is 0 Å². The van der Waals surface area contributed by atoms with E-state index >= 15 is 0 Å². The van der Waals surface area contributed by atoms with Gasteiger partial charge in [-0.15, -0.1) is 0 Å². The van der Waals surface area contributed by atoms with Gasteiger partial charge in [-0.2, -0.15) is 0 Å². The highest BCUT2D eigenvalue weighted by Crippen LogP contribution is 2.21. The molecule has 0 bridgehead atoms. The van der Waals surface area contributed by atoms with Crippen LogP contribution < -0.4 is 4.90 Å². The van der Waals surface area contributed by atoms with Gasteiger partial charge in [-0.05, 0) is 32.4 Å². The second-order valence-corrected chi connectivity index (χ2v) is 7.70. The number of hydrogen-bond acceptors (Lipinski definition) is 5. The van der Waals surface area contributed by atoms with E-state index in [1.165, 1.54) is 11.3 Å². The van der Waals surface area contributed by atoms with Crippen molar-refractivity contribution in [3.8, 4) is 0 Å². The predicted molar refractivity (Wildman–Crippen MR) is 102 cm³/mol. The van der Waals surface area contributed by atoms with E-state index in [4.69, 9.17) is 4.74 Å². The number of aliphatic hydroxyl groups is 1. The number of anilines is 1. The number of rotatable bonds is 5. The molecule has 5 nitrogen and oxygen atoms in total. The van der Waals surface area contributed by atoms with Crippen LogP contribution in [-0.4, -0.2) is 85.6 Å². The van der Waals surface area contributed by atoms with Crippen molar-refractivity contribution in [1.82, 2.24) is 9.80 Å². The minimum Gasteiger partial charge on any atom is -0.390 e. The van der Waals surface area contributed by atoms with Crippen molar-refractivity contribution < 1.29 is 9.84 Å². The molecule has 2 aliphatic heterocycles. The second kappa shape index (κ2) is 8.49. The van der Waals surface area contributed by atoms with E-state index in [2.05, 4.69) is 59.7 Å². The summed E-state index contributed by atoms with van der Waals surface area (Å²) < 4.78 is 5.77. The Bertz CT molecular complexity index is 535. The number of para-hydroxylation sites is 1. The summed E-state index contributed by atoms with van der Waals surface area (Å²) in [5.41, 5.74) is 2.69. The van der Waals surface area contributed by atoms with Crippen LogP contribution in [0, 0.1) is 6.92 Å². The molecule has 2 aliphatic rings. The fourth-order valence-electron chi connectivity index (χ4n) is 4.18. The molecule has 0 aliphatic carbocycles. The Morgan fingerprint density at radius 3 is 2.24 bits per heavy atom. The summed E-state index contributed by atoms with van der Waals surface area (Å²) in [4.78, 5) is 7.20. The number of piperazine rings is 1. The van der Waals surface area contributed by atoms with Gasteiger partial charge in [-0.25, -0.2) is 0 Å². The first-order chi connectivity index (χ1) is 12.0. The quantitative estimate of drug-likeness (QED) is 0.876. The van der Waals surface area contributed by atoms with E-state index in [-0.39, 0.29) is 18.3 Å². The van der Waals surface area contributed by atoms with Crippen LogP contribution in [0.1, 0.15) is 19.4 Å². The minimum atomic E-state index is -0.289. The van der Waals surface area contributed by atoms with Gasteiger partial charge in [-0.3, -0.25) is 9.80 Å². The van der Waals surface area contributed by atoms with Gasteiger partial charge in [0.15, 0.2) is 0 Å². The first kappa shape index (κ1) is 18.6. The lowest BCUT2D eigenvalue weighted by atomic mass is 10.1. The second-order valence-electron chi connectivity index (χ2n) is 7.70. The van der Waals surface area contributed by atoms with Crippen LogP contribution in [0.25, 0.3) is 0 Å². The molecule has 1 aromatic carbocycles. The monoisotopic (exact) mass is 347 g/mol. The average molecular weight is 348 g/mol. The van der Waals surface area contributed by atoms with Crippen molar-refractivity contribution in [2.45, 2.75) is 39.1 Å². The van der Waals surface area contributed by atoms with E-state index in [0.29, 0.717) is 0 Å². The van der Waals surface area contributed by atoms with Crippen LogP contribution in [0.2, 0.25) is 0 Å². The van der Waals surface area contributed by atoms with Crippen LogP contribution in [0.3, 0.4) is 0 Å². The first-order valence-corrected chi connectivity index (χ1v) is 9.60. The summed E-state index contributed by atoms with van der Waals surface area (Å²) >= 11 is 0. The molecule has 140 valence electrons. The highest BCUT2D eigenvalue weighted by molar-refractivity contribution is 5.53. The number of nitrogens with zero attached hydrogens (tertiary/aromatic N) is 3. The Kier molecular flexibility index (Phi) is 6.34. The zero-order valence-electron chi connectivity index (χ0n) is 15.9. The smallest absolute Gasteiger partial charge is 0.0793 e. The molecule has 3 atom stereocenters. The number of aliphatic hydroxyl groups excluding tert-OH is 1. The SMILES string of the molecule is Cc1ccccc1N1CCN(CC(O)CN2CC(C)OC(C)C2)CC1. The highest BCUT2D eigenvalue weighted by atomic mass is 16.5. The lowest BCUT2D eigenvalue weighted by molar-refractivity contribution is -0.0780. The predicted octanol–water partition coefficient (Wildman–Crippen LogP) is 1.59. The molecule has 0 saturated carbocycles. The van der Waals surface area contributed by atoms with Crippen molar-refractivity contribution in [3.05, 3.63) is 29.8 Å². The molecule has 3 unspecified atom stereocenters. The van der Waals surface area contributed by atoms with Crippen molar-refractivity contribution in [3.63, 3.8) is 0 Å². The Balaban J connectivity index is 1.43. The minimum absolute atomic E-state index is 0.258. The molecule has 5 heteroatoms. The molecule has 1 N–H and O–H groups in total. The summed E-state index contributed by atoms with van der Waals surface area (Å²) in [6.45, 7) is 13.8. The third-order valence-corrected chi connectivity index (χ3v) is 5.26. The number of hydrogen-bond donors (Lipinski definition) is 1. The van der Waals surface area contributed by atoms with Gasteiger partial charge in [0.25, 0.3) is 0 Å². The third kappa shape index (κ3) is 5.17. The van der Waals surface area contributed by atoms with E-state index in [1.807, 2.05) is 0 Å². The largest absolute Gasteiger partial charge is 0.390 e. The fourth-order valence-corrected chi connectivity index (χ4v) is 4.18. The van der Waals surface area contributed by atoms with Gasteiger partial charge >= 0.3 is 0 Å². The van der Waals surface area contributed by atoms with E-state index < -0.39 is 0 Å². The molecule has 0 radical (unpaired) electrons. The maximum Gasteiger partial charge on any atom is 0.0793 e. The zero-order chi connectivity index (χ0) is 17.8. The Morgan fingerprint density at radius 2 is 1.60 bits per heavy atom. The average Bonchev–Trinajstić information content (AvgIpc) is 2.55. The zero-order valence-corrected chi connectivity index (χ0v) is 15.9. The van der Waals surface area contributed by atoms with Crippen molar-refractivity contribution in [2.24, 2.45) is 0 Å². The van der Waals surface area contributed by atoms with E-state index in [9.17, 15) is 5.11 Å². The van der Waals surface area contributed by atoms with Crippen LogP contribution in [0.4, 0.5) is 5.69 Å². The number of ether oxygens (including phenoxy) is 1. The fraction of sp³-hybridized carbons (Fsp3) is 0.700. The standard InChI is InChI=1S/C20H33N3O2/c1-16-6-4-5-7-20(16)23-10-8-21(9-11-23)14-19(24)15-22-12-17(2)25-18(3)13-22/h4-7,17-19,24H,8-15H2,1-3H3. The Labute approximate surface area is 152 Å². The van der Waals surface area contributed by atoms with Gasteiger partial charge < -0.3 is 14.7 Å². The Hall–Kier alpha value is -1.14. The molecule has 2 saturated heterocycles. The van der Waals surface area contributed by atoms with E-state index in [0.717, 1.165) is 52.4 Å². The molecule has 2 heterocycles. The van der Waals surface area contributed by atoms with Gasteiger partial charge in [0, 0.05) is 58.0 Å². The topological polar surface area (TPSA) is 39.2 Å². The molecule has 0 amide bonds. The van der Waals surface area contributed by atoms with Crippen LogP contribution >= 0.6 is 0 Å². The summed E-state index contributed by atoms with van der Waals surface area (Å²) in [5, 5.41) is 10.5. The van der Waals surface area contributed by atoms with Gasteiger partial charge in [-0.1, -0.05) is 18.2 Å². The molecule has 3 rings (SSSR count). The molecule has 2 fully saturated rings. The van der Waals surface area contributed by atoms with Gasteiger partial charge in [0.05, 0.1) is 18.3 Å². The molecule has 25 heavy (non-hydrogen) atoms. The summed E-state index contributed by atoms with van der Waals surface area (Å²) in [7, 11) is 0. The maximum absolute atomic E-state index is 10.5. The molecule has 0 spiro atoms. The van der Waals surface area contributed by atoms with Crippen molar-refractivity contribution in [1.29, 1.82) is 0 Å². The van der Waals surface area contributed by atoms with Crippen LogP contribution in [0.5, 0.6) is 0 Å². The molecule has 1 aromatic rings. The first-order valence-electron chi connectivity index (χ1n) is 9.60. The molecular weight excluding hydrogens is 314 g/mol. The molecule has 0 aromatic heterocycles. The van der Waals surface area contributed by atoms with Crippen LogP contribution in [0.15, 0.2) is 24.3 Å². The number of aryl methyl sites for hydroxylation is 1. The number of benzene rings is 1. The lowest BCUT2D eigenvalue weighted by Crippen LogP contribution is -2.52. The summed E-state index contributed by atoms with van der Waals surface area (Å²) in [6.07, 6.45) is 0.227. The van der Waals surface area contributed by atoms with E-state index in [1.54, 1.807) is 0 Å². The number of β-amino-alcohol motifs (C(OH)–C–C–N with tert-alkyl or cyclic N) is 1.